The smallest absolute Gasteiger partial charge is 0.326 e. The first-order chi connectivity index (χ1) is 7.54. The maximum absolute atomic E-state index is 11.6. The van der Waals surface area contributed by atoms with Gasteiger partial charge in [-0.3, -0.25) is 4.79 Å². The summed E-state index contributed by atoms with van der Waals surface area (Å²) in [6.45, 7) is 1.69. The number of carbonyl (C=O) groups excluding carboxylic acids is 1. The Kier molecular flexibility index (Phi) is 4.42. The number of carboxylic acids is 1. The zero-order valence-electron chi connectivity index (χ0n) is 8.61. The predicted octanol–water partition coefficient (Wildman–Crippen LogP) is 1.44. The van der Waals surface area contributed by atoms with E-state index >= 15 is 0 Å². The fourth-order valence-electron chi connectivity index (χ4n) is 1.09. The molecule has 0 bridgehead atoms. The Balaban J connectivity index is 2.71. The third-order valence-corrected chi connectivity index (χ3v) is 2.47. The van der Waals surface area contributed by atoms with Crippen molar-refractivity contribution in [2.75, 3.05) is 0 Å². The fraction of sp³-hybridized carbons (Fsp3) is 0.300. The number of nitrogens with zero attached hydrogens (tertiary/aromatic N) is 1. The van der Waals surface area contributed by atoms with Crippen LogP contribution in [0, 0.1) is 0 Å². The summed E-state index contributed by atoms with van der Waals surface area (Å²) in [5.41, 5.74) is 0.336. The van der Waals surface area contributed by atoms with E-state index in [1.807, 2.05) is 0 Å². The van der Waals surface area contributed by atoms with Gasteiger partial charge < -0.3 is 10.4 Å². The number of halogens is 1. The number of pyridine rings is 1. The Morgan fingerprint density at radius 3 is 2.69 bits per heavy atom. The molecular formula is C10H11BrN2O3. The SMILES string of the molecule is CC[C@@H](NC(=O)c1ccc(Br)nc1)C(=O)O. The first kappa shape index (κ1) is 12.6. The molecule has 86 valence electrons. The molecular weight excluding hydrogens is 276 g/mol. The van der Waals surface area contributed by atoms with E-state index in [0.717, 1.165) is 0 Å². The van der Waals surface area contributed by atoms with E-state index in [1.165, 1.54) is 6.20 Å². The van der Waals surface area contributed by atoms with E-state index in [9.17, 15) is 9.59 Å². The maximum Gasteiger partial charge on any atom is 0.326 e. The molecule has 1 aromatic heterocycles. The van der Waals surface area contributed by atoms with Gasteiger partial charge in [-0.2, -0.15) is 0 Å². The first-order valence-corrected chi connectivity index (χ1v) is 5.49. The molecule has 1 amide bonds. The van der Waals surface area contributed by atoms with Gasteiger partial charge in [-0.25, -0.2) is 9.78 Å². The molecule has 0 fully saturated rings. The number of carbonyl (C=O) groups is 2. The zero-order chi connectivity index (χ0) is 12.1. The Labute approximate surface area is 101 Å². The summed E-state index contributed by atoms with van der Waals surface area (Å²) in [6.07, 6.45) is 1.72. The average molecular weight is 287 g/mol. The normalized spacial score (nSPS) is 11.9. The number of aromatic nitrogens is 1. The Hall–Kier alpha value is -1.43. The van der Waals surface area contributed by atoms with Crippen LogP contribution in [0.5, 0.6) is 0 Å². The monoisotopic (exact) mass is 286 g/mol. The highest BCUT2D eigenvalue weighted by Crippen LogP contribution is 2.06. The van der Waals surface area contributed by atoms with Crippen LogP contribution in [0.4, 0.5) is 0 Å². The molecule has 2 N–H and O–H groups in total. The van der Waals surface area contributed by atoms with Crippen LogP contribution in [-0.4, -0.2) is 28.0 Å². The Morgan fingerprint density at radius 1 is 1.56 bits per heavy atom. The minimum Gasteiger partial charge on any atom is -0.480 e. The summed E-state index contributed by atoms with van der Waals surface area (Å²) in [5.74, 6) is -1.48. The van der Waals surface area contributed by atoms with Gasteiger partial charge in [-0.1, -0.05) is 6.92 Å². The number of hydrogen-bond acceptors (Lipinski definition) is 3. The number of amides is 1. The summed E-state index contributed by atoms with van der Waals surface area (Å²) in [4.78, 5) is 26.2. The highest BCUT2D eigenvalue weighted by atomic mass is 79.9. The van der Waals surface area contributed by atoms with Crippen molar-refractivity contribution in [1.29, 1.82) is 0 Å². The van der Waals surface area contributed by atoms with Crippen molar-refractivity contribution < 1.29 is 14.7 Å². The number of nitrogens with one attached hydrogen (secondary N) is 1. The summed E-state index contributed by atoms with van der Waals surface area (Å²) < 4.78 is 0.620. The van der Waals surface area contributed by atoms with E-state index in [0.29, 0.717) is 16.6 Å². The first-order valence-electron chi connectivity index (χ1n) is 4.69. The molecule has 1 aromatic rings. The van der Waals surface area contributed by atoms with Gasteiger partial charge in [0.25, 0.3) is 5.91 Å². The molecule has 0 spiro atoms. The van der Waals surface area contributed by atoms with E-state index in [1.54, 1.807) is 19.1 Å². The molecule has 1 atom stereocenters. The largest absolute Gasteiger partial charge is 0.480 e. The van der Waals surface area contributed by atoms with Crippen LogP contribution < -0.4 is 5.32 Å². The van der Waals surface area contributed by atoms with Gasteiger partial charge >= 0.3 is 5.97 Å². The summed E-state index contributed by atoms with van der Waals surface area (Å²) in [7, 11) is 0. The Bertz CT molecular complexity index is 392. The molecule has 1 rings (SSSR count). The number of carboxylic acid groups (broad SMARTS) is 1. The van der Waals surface area contributed by atoms with Crippen LogP contribution in [0.2, 0.25) is 0 Å². The molecule has 16 heavy (non-hydrogen) atoms. The van der Waals surface area contributed by atoms with Crippen LogP contribution in [0.1, 0.15) is 23.7 Å². The van der Waals surface area contributed by atoms with Gasteiger partial charge in [0, 0.05) is 6.20 Å². The zero-order valence-corrected chi connectivity index (χ0v) is 10.2. The second-order valence-corrected chi connectivity index (χ2v) is 3.95. The third-order valence-electron chi connectivity index (χ3n) is 2.00. The topological polar surface area (TPSA) is 79.3 Å². The van der Waals surface area contributed by atoms with Gasteiger partial charge in [0.2, 0.25) is 0 Å². The van der Waals surface area contributed by atoms with Crippen molar-refractivity contribution in [2.45, 2.75) is 19.4 Å². The lowest BCUT2D eigenvalue weighted by atomic mass is 10.2. The van der Waals surface area contributed by atoms with Crippen LogP contribution in [0.15, 0.2) is 22.9 Å². The molecule has 1 heterocycles. The number of hydrogen-bond donors (Lipinski definition) is 2. The standard InChI is InChI=1S/C10H11BrN2O3/c1-2-7(10(15)16)13-9(14)6-3-4-8(11)12-5-6/h3-5,7H,2H2,1H3,(H,13,14)(H,15,16)/t7-/m1/s1. The van der Waals surface area contributed by atoms with Crippen LogP contribution in [0.3, 0.4) is 0 Å². The second kappa shape index (κ2) is 5.60. The molecule has 0 aromatic carbocycles. The van der Waals surface area contributed by atoms with Crippen LogP contribution in [0.25, 0.3) is 0 Å². The molecule has 0 aliphatic carbocycles. The van der Waals surface area contributed by atoms with Gasteiger partial charge in [0.15, 0.2) is 0 Å². The molecule has 0 aliphatic rings. The molecule has 5 nitrogen and oxygen atoms in total. The molecule has 0 saturated carbocycles. The quantitative estimate of drug-likeness (QED) is 0.821. The van der Waals surface area contributed by atoms with Gasteiger partial charge in [-0.15, -0.1) is 0 Å². The van der Waals surface area contributed by atoms with Gasteiger partial charge in [0.1, 0.15) is 10.6 Å². The van der Waals surface area contributed by atoms with E-state index in [4.69, 9.17) is 5.11 Å². The molecule has 6 heteroatoms. The number of rotatable bonds is 4. The predicted molar refractivity (Wildman–Crippen MR) is 61.1 cm³/mol. The highest BCUT2D eigenvalue weighted by Gasteiger charge is 2.18. The van der Waals surface area contributed by atoms with Crippen molar-refractivity contribution >= 4 is 27.8 Å². The average Bonchev–Trinajstić information content (AvgIpc) is 2.26. The summed E-state index contributed by atoms with van der Waals surface area (Å²) in [5, 5.41) is 11.2. The van der Waals surface area contributed by atoms with Gasteiger partial charge in [-0.05, 0) is 34.5 Å². The highest BCUT2D eigenvalue weighted by molar-refractivity contribution is 9.10. The fourth-order valence-corrected chi connectivity index (χ4v) is 1.32. The van der Waals surface area contributed by atoms with Crippen LogP contribution >= 0.6 is 15.9 Å². The van der Waals surface area contributed by atoms with Crippen LogP contribution in [-0.2, 0) is 4.79 Å². The lowest BCUT2D eigenvalue weighted by Crippen LogP contribution is -2.40. The van der Waals surface area contributed by atoms with Crippen molar-refractivity contribution in [3.63, 3.8) is 0 Å². The van der Waals surface area contributed by atoms with E-state index < -0.39 is 17.9 Å². The van der Waals surface area contributed by atoms with E-state index in [-0.39, 0.29) is 0 Å². The third kappa shape index (κ3) is 3.30. The lowest BCUT2D eigenvalue weighted by Gasteiger charge is -2.11. The summed E-state index contributed by atoms with van der Waals surface area (Å²) in [6, 6.07) is 2.33. The van der Waals surface area contributed by atoms with Crippen molar-refractivity contribution in [1.82, 2.24) is 10.3 Å². The lowest BCUT2D eigenvalue weighted by molar-refractivity contribution is -0.139. The minimum absolute atomic E-state index is 0.336. The Morgan fingerprint density at radius 2 is 2.25 bits per heavy atom. The maximum atomic E-state index is 11.6. The van der Waals surface area contributed by atoms with Crippen molar-refractivity contribution in [3.05, 3.63) is 28.5 Å². The second-order valence-electron chi connectivity index (χ2n) is 3.14. The minimum atomic E-state index is -1.04. The van der Waals surface area contributed by atoms with Crippen molar-refractivity contribution in [3.8, 4) is 0 Å². The molecule has 0 radical (unpaired) electrons. The van der Waals surface area contributed by atoms with Crippen molar-refractivity contribution in [2.24, 2.45) is 0 Å². The molecule has 0 saturated heterocycles. The number of aliphatic carboxylic acids is 1. The van der Waals surface area contributed by atoms with E-state index in [2.05, 4.69) is 26.2 Å². The van der Waals surface area contributed by atoms with Gasteiger partial charge in [0.05, 0.1) is 5.56 Å². The molecule has 0 aliphatic heterocycles. The molecule has 0 unspecified atom stereocenters. The summed E-state index contributed by atoms with van der Waals surface area (Å²) >= 11 is 3.15.